The lowest BCUT2D eigenvalue weighted by Gasteiger charge is -2.37. The quantitative estimate of drug-likeness (QED) is 0.630. The van der Waals surface area contributed by atoms with Gasteiger partial charge in [-0.25, -0.2) is 18.7 Å². The fourth-order valence-corrected chi connectivity index (χ4v) is 3.08. The number of halogens is 2. The lowest BCUT2D eigenvalue weighted by molar-refractivity contribution is -0.0274. The normalized spacial score (nSPS) is 26.4. The highest BCUT2D eigenvalue weighted by molar-refractivity contribution is 7.98. The lowest BCUT2D eigenvalue weighted by Crippen LogP contribution is -2.48. The summed E-state index contributed by atoms with van der Waals surface area (Å²) in [6, 6.07) is 1.41. The van der Waals surface area contributed by atoms with E-state index in [1.165, 1.54) is 30.7 Å². The monoisotopic (exact) mass is 315 g/mol. The zero-order chi connectivity index (χ0) is 15.0. The van der Waals surface area contributed by atoms with Crippen LogP contribution in [0.25, 0.3) is 0 Å². The minimum absolute atomic E-state index is 0.0899. The molecule has 4 nitrogen and oxygen atoms in total. The van der Waals surface area contributed by atoms with Crippen molar-refractivity contribution in [2.45, 2.75) is 43.6 Å². The van der Waals surface area contributed by atoms with Crippen molar-refractivity contribution in [1.29, 1.82) is 0 Å². The zero-order valence-electron chi connectivity index (χ0n) is 12.1. The van der Waals surface area contributed by atoms with E-state index in [0.29, 0.717) is 23.4 Å². The van der Waals surface area contributed by atoms with E-state index >= 15 is 0 Å². The van der Waals surface area contributed by atoms with Crippen molar-refractivity contribution in [3.63, 3.8) is 0 Å². The first-order valence-corrected chi connectivity index (χ1v) is 8.41. The van der Waals surface area contributed by atoms with E-state index in [2.05, 4.69) is 14.9 Å². The fraction of sp³-hybridized carbons (Fsp3) is 0.714. The molecule has 1 saturated heterocycles. The Balaban J connectivity index is 1.85. The molecule has 1 aromatic rings. The predicted molar refractivity (Wildman–Crippen MR) is 78.0 cm³/mol. The van der Waals surface area contributed by atoms with E-state index in [0.717, 1.165) is 6.54 Å². The standard InChI is InChI=1S/C14H19F2N3OS/c1-8-6-19(7-11(20-8)9-3-4-9)12-5-10(13(15)16)17-14(18-12)21-2/h5,8-9,11,13H,3-4,6-7H2,1-2H3/t8-,11+/m1/s1. The summed E-state index contributed by atoms with van der Waals surface area (Å²) < 4.78 is 31.9. The van der Waals surface area contributed by atoms with Crippen molar-refractivity contribution >= 4 is 17.6 Å². The van der Waals surface area contributed by atoms with E-state index in [1.807, 2.05) is 6.92 Å². The second-order valence-corrected chi connectivity index (χ2v) is 6.44. The van der Waals surface area contributed by atoms with Gasteiger partial charge in [0.25, 0.3) is 6.43 Å². The third-order valence-electron chi connectivity index (χ3n) is 3.87. The highest BCUT2D eigenvalue weighted by Gasteiger charge is 2.37. The van der Waals surface area contributed by atoms with Crippen molar-refractivity contribution in [2.75, 3.05) is 24.2 Å². The van der Waals surface area contributed by atoms with Gasteiger partial charge in [0.15, 0.2) is 5.16 Å². The Kier molecular flexibility index (Phi) is 4.31. The Morgan fingerprint density at radius 1 is 1.33 bits per heavy atom. The first kappa shape index (κ1) is 15.0. The van der Waals surface area contributed by atoms with E-state index in [9.17, 15) is 8.78 Å². The number of nitrogens with zero attached hydrogens (tertiary/aromatic N) is 3. The zero-order valence-corrected chi connectivity index (χ0v) is 12.9. The molecule has 0 aromatic carbocycles. The first-order valence-electron chi connectivity index (χ1n) is 7.18. The van der Waals surface area contributed by atoms with Crippen molar-refractivity contribution < 1.29 is 13.5 Å². The van der Waals surface area contributed by atoms with E-state index < -0.39 is 6.43 Å². The van der Waals surface area contributed by atoms with Gasteiger partial charge in [0.2, 0.25) is 0 Å². The van der Waals surface area contributed by atoms with Gasteiger partial charge in [-0.15, -0.1) is 0 Å². The van der Waals surface area contributed by atoms with Crippen LogP contribution in [0.1, 0.15) is 31.9 Å². The largest absolute Gasteiger partial charge is 0.371 e. The number of rotatable bonds is 4. The summed E-state index contributed by atoms with van der Waals surface area (Å²) in [6.07, 6.45) is 1.91. The van der Waals surface area contributed by atoms with Gasteiger partial charge in [-0.3, -0.25) is 0 Å². The molecular formula is C14H19F2N3OS. The van der Waals surface area contributed by atoms with Gasteiger partial charge in [-0.05, 0) is 31.9 Å². The average Bonchev–Trinajstić information content (AvgIpc) is 3.30. The van der Waals surface area contributed by atoms with Crippen LogP contribution in [0, 0.1) is 5.92 Å². The maximum Gasteiger partial charge on any atom is 0.280 e. The number of alkyl halides is 2. The Morgan fingerprint density at radius 2 is 2.10 bits per heavy atom. The van der Waals surface area contributed by atoms with Crippen molar-refractivity contribution in [2.24, 2.45) is 5.92 Å². The first-order chi connectivity index (χ1) is 10.1. The molecule has 21 heavy (non-hydrogen) atoms. The fourth-order valence-electron chi connectivity index (χ4n) is 2.70. The molecule has 2 aliphatic rings. The number of morpholine rings is 1. The molecule has 0 bridgehead atoms. The highest BCUT2D eigenvalue weighted by Crippen LogP contribution is 2.37. The smallest absolute Gasteiger partial charge is 0.280 e. The molecule has 116 valence electrons. The van der Waals surface area contributed by atoms with E-state index in [1.54, 1.807) is 6.26 Å². The van der Waals surface area contributed by atoms with Crippen molar-refractivity contribution in [1.82, 2.24) is 9.97 Å². The van der Waals surface area contributed by atoms with Gasteiger partial charge in [-0.2, -0.15) is 0 Å². The van der Waals surface area contributed by atoms with Crippen LogP contribution in [0.15, 0.2) is 11.2 Å². The molecule has 0 amide bonds. The second kappa shape index (κ2) is 6.04. The maximum absolute atomic E-state index is 13.0. The predicted octanol–water partition coefficient (Wildman–Crippen LogP) is 3.14. The maximum atomic E-state index is 13.0. The van der Waals surface area contributed by atoms with Crippen molar-refractivity contribution in [3.05, 3.63) is 11.8 Å². The Labute approximate surface area is 127 Å². The number of thioether (sulfide) groups is 1. The summed E-state index contributed by atoms with van der Waals surface area (Å²) in [5.41, 5.74) is -0.202. The summed E-state index contributed by atoms with van der Waals surface area (Å²) in [5, 5.41) is 0.393. The van der Waals surface area contributed by atoms with Crippen LogP contribution in [0.5, 0.6) is 0 Å². The van der Waals surface area contributed by atoms with Crippen LogP contribution in [0.2, 0.25) is 0 Å². The molecule has 3 rings (SSSR count). The van der Waals surface area contributed by atoms with Crippen LogP contribution in [0.4, 0.5) is 14.6 Å². The highest BCUT2D eigenvalue weighted by atomic mass is 32.2. The topological polar surface area (TPSA) is 38.2 Å². The Morgan fingerprint density at radius 3 is 2.71 bits per heavy atom. The molecule has 1 aliphatic carbocycles. The summed E-state index contributed by atoms with van der Waals surface area (Å²) in [7, 11) is 0. The molecule has 2 heterocycles. The Hall–Kier alpha value is -0.950. The van der Waals surface area contributed by atoms with Crippen LogP contribution < -0.4 is 4.90 Å². The van der Waals surface area contributed by atoms with Crippen LogP contribution >= 0.6 is 11.8 Å². The molecule has 0 spiro atoms. The van der Waals surface area contributed by atoms with Gasteiger partial charge in [0, 0.05) is 19.2 Å². The number of anilines is 1. The number of hydrogen-bond donors (Lipinski definition) is 0. The second-order valence-electron chi connectivity index (χ2n) is 5.67. The average molecular weight is 315 g/mol. The molecule has 7 heteroatoms. The van der Waals surface area contributed by atoms with E-state index in [-0.39, 0.29) is 17.9 Å². The van der Waals surface area contributed by atoms with Gasteiger partial charge in [0.1, 0.15) is 11.5 Å². The Bertz CT molecular complexity index is 513. The third-order valence-corrected chi connectivity index (χ3v) is 4.42. The minimum Gasteiger partial charge on any atom is -0.371 e. The number of hydrogen-bond acceptors (Lipinski definition) is 5. The van der Waals surface area contributed by atoms with Crippen LogP contribution in [-0.4, -0.2) is 41.5 Å². The molecule has 0 unspecified atom stereocenters. The summed E-state index contributed by atoms with van der Waals surface area (Å²) in [6.45, 7) is 3.42. The van der Waals surface area contributed by atoms with Crippen LogP contribution in [0.3, 0.4) is 0 Å². The minimum atomic E-state index is -2.57. The van der Waals surface area contributed by atoms with Crippen molar-refractivity contribution in [3.8, 4) is 0 Å². The molecule has 1 saturated carbocycles. The number of aromatic nitrogens is 2. The molecule has 0 N–H and O–H groups in total. The van der Waals surface area contributed by atoms with Crippen LogP contribution in [-0.2, 0) is 4.74 Å². The lowest BCUT2D eigenvalue weighted by atomic mass is 10.1. The van der Waals surface area contributed by atoms with Gasteiger partial charge in [-0.1, -0.05) is 11.8 Å². The molecule has 2 atom stereocenters. The summed E-state index contributed by atoms with van der Waals surface area (Å²) in [4.78, 5) is 10.3. The molecule has 1 aromatic heterocycles. The van der Waals surface area contributed by atoms with Gasteiger partial charge >= 0.3 is 0 Å². The summed E-state index contributed by atoms with van der Waals surface area (Å²) >= 11 is 1.29. The van der Waals surface area contributed by atoms with Gasteiger partial charge < -0.3 is 9.64 Å². The molecule has 1 aliphatic heterocycles. The third kappa shape index (κ3) is 3.45. The molecular weight excluding hydrogens is 296 g/mol. The molecule has 0 radical (unpaired) electrons. The number of ether oxygens (including phenoxy) is 1. The van der Waals surface area contributed by atoms with E-state index in [4.69, 9.17) is 4.74 Å². The molecule has 2 fully saturated rings. The van der Waals surface area contributed by atoms with Gasteiger partial charge in [0.05, 0.1) is 12.2 Å². The summed E-state index contributed by atoms with van der Waals surface area (Å²) in [5.74, 6) is 1.21. The SMILES string of the molecule is CSc1nc(C(F)F)cc(N2C[C@@H](C)O[C@H](C3CC3)C2)n1.